The second-order valence-corrected chi connectivity index (χ2v) is 3.65. The van der Waals surface area contributed by atoms with Gasteiger partial charge in [0, 0.05) is 13.5 Å². The molecule has 0 fully saturated rings. The highest BCUT2D eigenvalue weighted by Crippen LogP contribution is 2.24. The number of hydrogen-bond acceptors (Lipinski definition) is 5. The molecule has 0 aromatic carbocycles. The summed E-state index contributed by atoms with van der Waals surface area (Å²) >= 11 is 0. The monoisotopic (exact) mass is 251 g/mol. The van der Waals surface area contributed by atoms with Gasteiger partial charge >= 0.3 is 5.97 Å². The molecule has 6 heteroatoms. The number of carbonyl (C=O) groups is 1. The van der Waals surface area contributed by atoms with E-state index in [1.54, 1.807) is 12.1 Å². The van der Waals surface area contributed by atoms with Gasteiger partial charge in [-0.3, -0.25) is 0 Å². The highest BCUT2D eigenvalue weighted by Gasteiger charge is 2.21. The number of carboxylic acid groups (broad SMARTS) is 1. The summed E-state index contributed by atoms with van der Waals surface area (Å²) in [6.07, 6.45) is 0.747. The zero-order valence-corrected chi connectivity index (χ0v) is 10.1. The molecule has 2 aromatic heterocycles. The Morgan fingerprint density at radius 2 is 2.22 bits per heavy atom. The van der Waals surface area contributed by atoms with Gasteiger partial charge in [0.15, 0.2) is 5.76 Å². The summed E-state index contributed by atoms with van der Waals surface area (Å²) in [5.41, 5.74) is 0.245. The van der Waals surface area contributed by atoms with Crippen molar-refractivity contribution in [3.8, 4) is 11.7 Å². The summed E-state index contributed by atoms with van der Waals surface area (Å²) in [6, 6.07) is 3.50. The van der Waals surface area contributed by atoms with Crippen molar-refractivity contribution in [3.63, 3.8) is 0 Å². The molecule has 0 atom stereocenters. The number of aromatic carboxylic acids is 1. The lowest BCUT2D eigenvalue weighted by Crippen LogP contribution is -2.00. The van der Waals surface area contributed by atoms with Crippen LogP contribution in [-0.2, 0) is 17.8 Å². The molecule has 18 heavy (non-hydrogen) atoms. The van der Waals surface area contributed by atoms with Crippen LogP contribution in [0.2, 0.25) is 0 Å². The Kier molecular flexibility index (Phi) is 3.47. The summed E-state index contributed by atoms with van der Waals surface area (Å²) in [4.78, 5) is 15.1. The predicted molar refractivity (Wildman–Crippen MR) is 61.3 cm³/mol. The van der Waals surface area contributed by atoms with Crippen molar-refractivity contribution in [2.75, 3.05) is 7.11 Å². The molecule has 96 valence electrons. The van der Waals surface area contributed by atoms with Crippen LogP contribution in [0.4, 0.5) is 0 Å². The molecule has 0 spiro atoms. The number of carboxylic acids is 1. The minimum Gasteiger partial charge on any atom is -0.475 e. The molecular formula is C12H13NO5. The average Bonchev–Trinajstić information content (AvgIpc) is 2.94. The first-order chi connectivity index (χ1) is 8.65. The molecule has 0 aliphatic carbocycles. The summed E-state index contributed by atoms with van der Waals surface area (Å²) in [6.45, 7) is 2.03. The Hall–Kier alpha value is -2.08. The maximum Gasteiger partial charge on any atom is 0.373 e. The van der Waals surface area contributed by atoms with E-state index in [1.807, 2.05) is 6.92 Å². The van der Waals surface area contributed by atoms with Crippen LogP contribution in [0, 0.1) is 0 Å². The van der Waals surface area contributed by atoms with Crippen LogP contribution >= 0.6 is 0 Å². The first kappa shape index (κ1) is 12.4. The summed E-state index contributed by atoms with van der Waals surface area (Å²) in [5.74, 6) is -0.0476. The van der Waals surface area contributed by atoms with E-state index in [4.69, 9.17) is 18.7 Å². The number of hydrogen-bond donors (Lipinski definition) is 1. The lowest BCUT2D eigenvalue weighted by atomic mass is 10.3. The van der Waals surface area contributed by atoms with Crippen LogP contribution in [0.3, 0.4) is 0 Å². The molecule has 0 bridgehead atoms. The van der Waals surface area contributed by atoms with Gasteiger partial charge in [0.1, 0.15) is 11.5 Å². The van der Waals surface area contributed by atoms with E-state index in [0.29, 0.717) is 5.76 Å². The smallest absolute Gasteiger partial charge is 0.373 e. The predicted octanol–water partition coefficient (Wildman–Crippen LogP) is 2.34. The lowest BCUT2D eigenvalue weighted by Gasteiger charge is -1.92. The number of aryl methyl sites for hydroxylation is 1. The number of aromatic nitrogens is 1. The van der Waals surface area contributed by atoms with Crippen molar-refractivity contribution in [1.82, 2.24) is 4.98 Å². The molecular weight excluding hydrogens is 238 g/mol. The number of furan rings is 1. The molecule has 1 N–H and O–H groups in total. The Morgan fingerprint density at radius 1 is 1.44 bits per heavy atom. The molecule has 0 saturated heterocycles. The molecule has 2 rings (SSSR count). The fraction of sp³-hybridized carbons (Fsp3) is 0.333. The summed E-state index contributed by atoms with van der Waals surface area (Å²) < 4.78 is 15.5. The highest BCUT2D eigenvalue weighted by atomic mass is 16.5. The third-order valence-electron chi connectivity index (χ3n) is 2.39. The molecule has 0 aliphatic heterocycles. The van der Waals surface area contributed by atoms with E-state index in [2.05, 4.69) is 4.98 Å². The zero-order valence-electron chi connectivity index (χ0n) is 10.1. The highest BCUT2D eigenvalue weighted by molar-refractivity contribution is 5.86. The molecule has 6 nitrogen and oxygen atoms in total. The third kappa shape index (κ3) is 2.28. The van der Waals surface area contributed by atoms with Gasteiger partial charge in [-0.25, -0.2) is 9.78 Å². The van der Waals surface area contributed by atoms with Crippen LogP contribution in [0.15, 0.2) is 21.0 Å². The summed E-state index contributed by atoms with van der Waals surface area (Å²) in [7, 11) is 1.46. The lowest BCUT2D eigenvalue weighted by molar-refractivity contribution is 0.0656. The van der Waals surface area contributed by atoms with E-state index in [9.17, 15) is 4.79 Å². The van der Waals surface area contributed by atoms with Crippen molar-refractivity contribution >= 4 is 5.97 Å². The first-order valence-corrected chi connectivity index (χ1v) is 5.46. The second-order valence-electron chi connectivity index (χ2n) is 3.65. The molecule has 0 aliphatic rings. The van der Waals surface area contributed by atoms with Gasteiger partial charge in [0.05, 0.1) is 6.61 Å². The standard InChI is InChI=1S/C12H13NO5/c1-3-7-4-5-9(17-7)11-13-8(6-16-2)10(18-11)12(14)15/h4-5H,3,6H2,1-2H3,(H,14,15). The minimum atomic E-state index is -1.18. The number of rotatable bonds is 5. The van der Waals surface area contributed by atoms with Crippen LogP contribution < -0.4 is 0 Å². The van der Waals surface area contributed by atoms with Gasteiger partial charge < -0.3 is 18.7 Å². The number of nitrogens with zero attached hydrogens (tertiary/aromatic N) is 1. The maximum atomic E-state index is 11.0. The second kappa shape index (κ2) is 5.05. The fourth-order valence-corrected chi connectivity index (χ4v) is 1.54. The van der Waals surface area contributed by atoms with Gasteiger partial charge in [-0.05, 0) is 12.1 Å². The maximum absolute atomic E-state index is 11.0. The van der Waals surface area contributed by atoms with Crippen LogP contribution in [0.1, 0.15) is 28.9 Å². The number of oxazole rings is 1. The van der Waals surface area contributed by atoms with Crippen molar-refractivity contribution < 1.29 is 23.5 Å². The van der Waals surface area contributed by atoms with Gasteiger partial charge in [-0.2, -0.15) is 0 Å². The fourth-order valence-electron chi connectivity index (χ4n) is 1.54. The SMILES string of the molecule is CCc1ccc(-c2nc(COC)c(C(=O)O)o2)o1. The number of methoxy groups -OCH3 is 1. The van der Waals surface area contributed by atoms with E-state index >= 15 is 0 Å². The van der Waals surface area contributed by atoms with Crippen LogP contribution in [0.5, 0.6) is 0 Å². The summed E-state index contributed by atoms with van der Waals surface area (Å²) in [5, 5.41) is 8.98. The van der Waals surface area contributed by atoms with Gasteiger partial charge in [0.25, 0.3) is 5.89 Å². The Morgan fingerprint density at radius 3 is 2.78 bits per heavy atom. The van der Waals surface area contributed by atoms with Gasteiger partial charge in [0.2, 0.25) is 5.76 Å². The van der Waals surface area contributed by atoms with E-state index < -0.39 is 5.97 Å². The topological polar surface area (TPSA) is 85.7 Å². The molecule has 2 aromatic rings. The molecule has 0 saturated carbocycles. The largest absolute Gasteiger partial charge is 0.475 e. The van der Waals surface area contributed by atoms with Gasteiger partial charge in [-0.1, -0.05) is 6.92 Å². The molecule has 0 amide bonds. The van der Waals surface area contributed by atoms with E-state index in [0.717, 1.165) is 12.2 Å². The third-order valence-corrected chi connectivity index (χ3v) is 2.39. The Labute approximate surface area is 103 Å². The minimum absolute atomic E-state index is 0.0759. The first-order valence-electron chi connectivity index (χ1n) is 5.46. The van der Waals surface area contributed by atoms with Crippen molar-refractivity contribution in [2.45, 2.75) is 20.0 Å². The van der Waals surface area contributed by atoms with Crippen molar-refractivity contribution in [2.24, 2.45) is 0 Å². The normalized spacial score (nSPS) is 10.8. The van der Waals surface area contributed by atoms with Crippen molar-refractivity contribution in [3.05, 3.63) is 29.3 Å². The average molecular weight is 251 g/mol. The van der Waals surface area contributed by atoms with Crippen molar-refractivity contribution in [1.29, 1.82) is 0 Å². The zero-order chi connectivity index (χ0) is 13.1. The Balaban J connectivity index is 2.39. The number of ether oxygens (including phenoxy) is 1. The van der Waals surface area contributed by atoms with Crippen LogP contribution in [-0.4, -0.2) is 23.2 Å². The van der Waals surface area contributed by atoms with E-state index in [-0.39, 0.29) is 24.0 Å². The van der Waals surface area contributed by atoms with Crippen LogP contribution in [0.25, 0.3) is 11.7 Å². The molecule has 2 heterocycles. The Bertz CT molecular complexity index is 555. The molecule has 0 unspecified atom stereocenters. The quantitative estimate of drug-likeness (QED) is 0.877. The van der Waals surface area contributed by atoms with Gasteiger partial charge in [-0.15, -0.1) is 0 Å². The van der Waals surface area contributed by atoms with E-state index in [1.165, 1.54) is 7.11 Å². The molecule has 0 radical (unpaired) electrons.